The van der Waals surface area contributed by atoms with Crippen molar-refractivity contribution in [1.29, 1.82) is 0 Å². The summed E-state index contributed by atoms with van der Waals surface area (Å²) >= 11 is 0. The molecule has 0 unspecified atom stereocenters. The first-order valence-corrected chi connectivity index (χ1v) is 9.35. The van der Waals surface area contributed by atoms with Crippen LogP contribution < -0.4 is 15.5 Å². The first-order chi connectivity index (χ1) is 13.6. The SMILES string of the molecule is CCNC(=O)N1CCc2ccc(NC(=O)[C@H]3Cc4ccccc4C(=O)O3)cc21. The quantitative estimate of drug-likeness (QED) is 0.802. The Kier molecular flexibility index (Phi) is 4.73. The van der Waals surface area contributed by atoms with Gasteiger partial charge < -0.3 is 15.4 Å². The van der Waals surface area contributed by atoms with Crippen LogP contribution in [-0.2, 0) is 22.4 Å². The zero-order chi connectivity index (χ0) is 19.7. The van der Waals surface area contributed by atoms with E-state index in [1.165, 1.54) is 0 Å². The van der Waals surface area contributed by atoms with Crippen LogP contribution in [-0.4, -0.2) is 37.1 Å². The number of esters is 1. The van der Waals surface area contributed by atoms with Crippen molar-refractivity contribution in [3.63, 3.8) is 0 Å². The van der Waals surface area contributed by atoms with E-state index in [1.807, 2.05) is 25.1 Å². The van der Waals surface area contributed by atoms with E-state index in [0.717, 1.165) is 23.2 Å². The van der Waals surface area contributed by atoms with E-state index in [9.17, 15) is 14.4 Å². The van der Waals surface area contributed by atoms with Crippen LogP contribution in [0.3, 0.4) is 0 Å². The summed E-state index contributed by atoms with van der Waals surface area (Å²) in [5.41, 5.74) is 3.71. The fourth-order valence-corrected chi connectivity index (χ4v) is 3.62. The third-order valence-electron chi connectivity index (χ3n) is 5.01. The molecule has 7 nitrogen and oxygen atoms in total. The number of nitrogens with one attached hydrogen (secondary N) is 2. The summed E-state index contributed by atoms with van der Waals surface area (Å²) in [5.74, 6) is -0.872. The highest BCUT2D eigenvalue weighted by molar-refractivity contribution is 6.01. The predicted molar refractivity (Wildman–Crippen MR) is 105 cm³/mol. The lowest BCUT2D eigenvalue weighted by Gasteiger charge is -2.24. The summed E-state index contributed by atoms with van der Waals surface area (Å²) in [7, 11) is 0. The molecule has 0 saturated heterocycles. The molecule has 2 heterocycles. The van der Waals surface area contributed by atoms with Crippen LogP contribution in [0.25, 0.3) is 0 Å². The lowest BCUT2D eigenvalue weighted by Crippen LogP contribution is -2.39. The predicted octanol–water partition coefficient (Wildman–Crippen LogP) is 2.50. The van der Waals surface area contributed by atoms with Gasteiger partial charge in [-0.05, 0) is 42.7 Å². The van der Waals surface area contributed by atoms with Crippen LogP contribution in [0.2, 0.25) is 0 Å². The van der Waals surface area contributed by atoms with Gasteiger partial charge in [-0.25, -0.2) is 9.59 Å². The molecular formula is C21H21N3O4. The molecule has 0 fully saturated rings. The number of anilines is 2. The molecule has 2 N–H and O–H groups in total. The first kappa shape index (κ1) is 18.0. The van der Waals surface area contributed by atoms with Crippen molar-refractivity contribution in [2.75, 3.05) is 23.3 Å². The van der Waals surface area contributed by atoms with Gasteiger partial charge in [0.15, 0.2) is 6.10 Å². The van der Waals surface area contributed by atoms with E-state index in [1.54, 1.807) is 29.2 Å². The number of urea groups is 1. The Bertz CT molecular complexity index is 956. The van der Waals surface area contributed by atoms with Crippen molar-refractivity contribution in [2.24, 2.45) is 0 Å². The van der Waals surface area contributed by atoms with Crippen LogP contribution in [0, 0.1) is 0 Å². The van der Waals surface area contributed by atoms with Crippen molar-refractivity contribution in [3.05, 3.63) is 59.2 Å². The molecule has 0 radical (unpaired) electrons. The highest BCUT2D eigenvalue weighted by Gasteiger charge is 2.31. The Labute approximate surface area is 162 Å². The molecule has 2 aromatic rings. The lowest BCUT2D eigenvalue weighted by molar-refractivity contribution is -0.125. The average molecular weight is 379 g/mol. The van der Waals surface area contributed by atoms with E-state index in [-0.39, 0.29) is 11.9 Å². The standard InChI is InChI=1S/C21H21N3O4/c1-2-22-21(27)24-10-9-13-7-8-15(12-17(13)24)23-19(25)18-11-14-5-3-4-6-16(14)20(26)28-18/h3-8,12,18H,2,9-11H2,1H3,(H,22,27)(H,23,25)/t18-/m1/s1. The van der Waals surface area contributed by atoms with Gasteiger partial charge in [-0.2, -0.15) is 0 Å². The van der Waals surface area contributed by atoms with Crippen LogP contribution in [0.1, 0.15) is 28.4 Å². The highest BCUT2D eigenvalue weighted by atomic mass is 16.5. The van der Waals surface area contributed by atoms with Gasteiger partial charge in [-0.3, -0.25) is 9.69 Å². The highest BCUT2D eigenvalue weighted by Crippen LogP contribution is 2.31. The number of nitrogens with zero attached hydrogens (tertiary/aromatic N) is 1. The van der Waals surface area contributed by atoms with Gasteiger partial charge in [-0.1, -0.05) is 24.3 Å². The zero-order valence-corrected chi connectivity index (χ0v) is 15.5. The van der Waals surface area contributed by atoms with Gasteiger partial charge in [0, 0.05) is 25.2 Å². The second-order valence-corrected chi connectivity index (χ2v) is 6.83. The molecule has 3 amide bonds. The third kappa shape index (κ3) is 3.31. The maximum Gasteiger partial charge on any atom is 0.339 e. The summed E-state index contributed by atoms with van der Waals surface area (Å²) in [5, 5.41) is 5.61. The van der Waals surface area contributed by atoms with Crippen LogP contribution >= 0.6 is 0 Å². The van der Waals surface area contributed by atoms with Gasteiger partial charge in [0.25, 0.3) is 5.91 Å². The van der Waals surface area contributed by atoms with Gasteiger partial charge in [0.2, 0.25) is 0 Å². The summed E-state index contributed by atoms with van der Waals surface area (Å²) in [6, 6.07) is 12.5. The van der Waals surface area contributed by atoms with Gasteiger partial charge >= 0.3 is 12.0 Å². The van der Waals surface area contributed by atoms with Crippen molar-refractivity contribution in [1.82, 2.24) is 5.32 Å². The fraction of sp³-hybridized carbons (Fsp3) is 0.286. The Balaban J connectivity index is 1.50. The molecule has 0 spiro atoms. The zero-order valence-electron chi connectivity index (χ0n) is 15.5. The number of carbonyl (C=O) groups excluding carboxylic acids is 3. The van der Waals surface area contributed by atoms with Gasteiger partial charge in [0.1, 0.15) is 0 Å². The Morgan fingerprint density at radius 2 is 2.00 bits per heavy atom. The Hall–Kier alpha value is -3.35. The topological polar surface area (TPSA) is 87.7 Å². The van der Waals surface area contributed by atoms with Crippen LogP contribution in [0.5, 0.6) is 0 Å². The number of benzene rings is 2. The molecule has 2 aliphatic rings. The van der Waals surface area contributed by atoms with Crippen molar-refractivity contribution in [2.45, 2.75) is 25.9 Å². The molecule has 144 valence electrons. The second-order valence-electron chi connectivity index (χ2n) is 6.83. The number of cyclic esters (lactones) is 1. The Morgan fingerprint density at radius 1 is 1.18 bits per heavy atom. The molecule has 2 aromatic carbocycles. The number of rotatable bonds is 3. The van der Waals surface area contributed by atoms with Crippen molar-refractivity contribution < 1.29 is 19.1 Å². The average Bonchev–Trinajstić information content (AvgIpc) is 3.11. The molecule has 0 aliphatic carbocycles. The normalized spacial score (nSPS) is 17.4. The van der Waals surface area contributed by atoms with E-state index in [0.29, 0.717) is 30.8 Å². The molecular weight excluding hydrogens is 358 g/mol. The lowest BCUT2D eigenvalue weighted by atomic mass is 9.98. The number of fused-ring (bicyclic) bond motifs is 2. The minimum absolute atomic E-state index is 0.150. The number of hydrogen-bond acceptors (Lipinski definition) is 4. The maximum atomic E-state index is 12.7. The van der Waals surface area contributed by atoms with Crippen LogP contribution in [0.4, 0.5) is 16.2 Å². The monoisotopic (exact) mass is 379 g/mol. The van der Waals surface area contributed by atoms with E-state index in [4.69, 9.17) is 4.74 Å². The van der Waals surface area contributed by atoms with Crippen LogP contribution in [0.15, 0.2) is 42.5 Å². The summed E-state index contributed by atoms with van der Waals surface area (Å²) in [4.78, 5) is 38.7. The molecule has 2 aliphatic heterocycles. The number of carbonyl (C=O) groups is 3. The molecule has 1 atom stereocenters. The maximum absolute atomic E-state index is 12.7. The summed E-state index contributed by atoms with van der Waals surface area (Å²) in [6.45, 7) is 3.03. The molecule has 28 heavy (non-hydrogen) atoms. The molecule has 7 heteroatoms. The largest absolute Gasteiger partial charge is 0.448 e. The van der Waals surface area contributed by atoms with Gasteiger partial charge in [-0.15, -0.1) is 0 Å². The summed E-state index contributed by atoms with van der Waals surface area (Å²) < 4.78 is 5.31. The number of ether oxygens (including phenoxy) is 1. The van der Waals surface area contributed by atoms with E-state index < -0.39 is 12.1 Å². The number of amides is 3. The molecule has 0 aromatic heterocycles. The van der Waals surface area contributed by atoms with Crippen molar-refractivity contribution in [3.8, 4) is 0 Å². The van der Waals surface area contributed by atoms with Gasteiger partial charge in [0.05, 0.1) is 11.3 Å². The van der Waals surface area contributed by atoms with E-state index >= 15 is 0 Å². The van der Waals surface area contributed by atoms with Crippen molar-refractivity contribution >= 4 is 29.3 Å². The fourth-order valence-electron chi connectivity index (χ4n) is 3.62. The Morgan fingerprint density at radius 3 is 2.82 bits per heavy atom. The third-order valence-corrected chi connectivity index (χ3v) is 5.01. The minimum atomic E-state index is -0.879. The molecule has 4 rings (SSSR count). The first-order valence-electron chi connectivity index (χ1n) is 9.35. The minimum Gasteiger partial charge on any atom is -0.448 e. The number of hydrogen-bond donors (Lipinski definition) is 2. The van der Waals surface area contributed by atoms with E-state index in [2.05, 4.69) is 10.6 Å². The molecule has 0 bridgehead atoms. The summed E-state index contributed by atoms with van der Waals surface area (Å²) in [6.07, 6.45) is 0.233. The smallest absolute Gasteiger partial charge is 0.339 e. The second kappa shape index (κ2) is 7.34. The molecule has 0 saturated carbocycles.